The molecule has 0 bridgehead atoms. The molecular formula is C14H21NO2. The van der Waals surface area contributed by atoms with Crippen molar-refractivity contribution in [2.24, 2.45) is 5.73 Å². The van der Waals surface area contributed by atoms with Crippen molar-refractivity contribution in [2.45, 2.75) is 32.6 Å². The second-order valence-electron chi connectivity index (χ2n) is 4.01. The summed E-state index contributed by atoms with van der Waals surface area (Å²) in [7, 11) is 0. The van der Waals surface area contributed by atoms with Crippen molar-refractivity contribution < 1.29 is 9.53 Å². The van der Waals surface area contributed by atoms with Crippen LogP contribution in [0.15, 0.2) is 24.3 Å². The molecule has 0 aromatic heterocycles. The number of hydrogen-bond acceptors (Lipinski definition) is 3. The number of carbonyl (C=O) groups is 1. The Morgan fingerprint density at radius 1 is 1.29 bits per heavy atom. The first-order valence-electron chi connectivity index (χ1n) is 6.24. The van der Waals surface area contributed by atoms with E-state index in [4.69, 9.17) is 10.5 Å². The van der Waals surface area contributed by atoms with E-state index in [0.29, 0.717) is 30.9 Å². The third-order valence-electron chi connectivity index (χ3n) is 2.51. The largest absolute Gasteiger partial charge is 0.493 e. The second-order valence-corrected chi connectivity index (χ2v) is 4.01. The number of ketones is 1. The van der Waals surface area contributed by atoms with Crippen LogP contribution in [0.1, 0.15) is 43.0 Å². The summed E-state index contributed by atoms with van der Waals surface area (Å²) < 4.78 is 5.57. The highest BCUT2D eigenvalue weighted by molar-refractivity contribution is 5.98. The summed E-state index contributed by atoms with van der Waals surface area (Å²) in [5.74, 6) is 0.845. The van der Waals surface area contributed by atoms with Gasteiger partial charge in [0.1, 0.15) is 5.75 Å². The fourth-order valence-electron chi connectivity index (χ4n) is 1.60. The van der Waals surface area contributed by atoms with E-state index in [2.05, 4.69) is 0 Å². The van der Waals surface area contributed by atoms with Gasteiger partial charge >= 0.3 is 0 Å². The Bertz CT molecular complexity index is 350. The van der Waals surface area contributed by atoms with Crippen LogP contribution in [0, 0.1) is 0 Å². The van der Waals surface area contributed by atoms with Crippen molar-refractivity contribution >= 4 is 5.78 Å². The molecule has 1 rings (SSSR count). The molecule has 3 heteroatoms. The number of rotatable bonds is 8. The maximum atomic E-state index is 12.0. The van der Waals surface area contributed by atoms with E-state index in [1.54, 1.807) is 0 Å². The highest BCUT2D eigenvalue weighted by atomic mass is 16.5. The summed E-state index contributed by atoms with van der Waals surface area (Å²) in [5, 5.41) is 0. The lowest BCUT2D eigenvalue weighted by atomic mass is 10.0. The van der Waals surface area contributed by atoms with E-state index in [1.807, 2.05) is 31.2 Å². The highest BCUT2D eigenvalue weighted by Crippen LogP contribution is 2.20. The average molecular weight is 235 g/mol. The van der Waals surface area contributed by atoms with Crippen LogP contribution >= 0.6 is 0 Å². The molecule has 0 aliphatic heterocycles. The molecule has 3 nitrogen and oxygen atoms in total. The number of carbonyl (C=O) groups excluding carboxylic acids is 1. The summed E-state index contributed by atoms with van der Waals surface area (Å²) in [6.07, 6.45) is 3.22. The minimum absolute atomic E-state index is 0.144. The molecule has 0 saturated heterocycles. The first kappa shape index (κ1) is 13.7. The topological polar surface area (TPSA) is 52.3 Å². The molecule has 1 aromatic rings. The van der Waals surface area contributed by atoms with Crippen LogP contribution in [0.2, 0.25) is 0 Å². The standard InChI is InChI=1S/C14H21NO2/c1-2-11-17-14-9-4-3-7-12(14)13(16)8-5-6-10-15/h3-4,7,9H,2,5-6,8,10-11,15H2,1H3. The number of para-hydroxylation sites is 1. The van der Waals surface area contributed by atoms with Crippen LogP contribution in [-0.2, 0) is 0 Å². The molecular weight excluding hydrogens is 214 g/mol. The molecule has 2 N–H and O–H groups in total. The first-order chi connectivity index (χ1) is 8.29. The highest BCUT2D eigenvalue weighted by Gasteiger charge is 2.11. The van der Waals surface area contributed by atoms with E-state index >= 15 is 0 Å². The fraction of sp³-hybridized carbons (Fsp3) is 0.500. The molecule has 17 heavy (non-hydrogen) atoms. The van der Waals surface area contributed by atoms with Gasteiger partial charge in [0.15, 0.2) is 5.78 Å². The van der Waals surface area contributed by atoms with E-state index in [0.717, 1.165) is 19.3 Å². The van der Waals surface area contributed by atoms with Crippen LogP contribution in [0.3, 0.4) is 0 Å². The smallest absolute Gasteiger partial charge is 0.166 e. The number of unbranched alkanes of at least 4 members (excludes halogenated alkanes) is 1. The predicted octanol–water partition coefficient (Wildman–Crippen LogP) is 2.79. The molecule has 0 aliphatic carbocycles. The van der Waals surface area contributed by atoms with Crippen LogP contribution in [-0.4, -0.2) is 18.9 Å². The van der Waals surface area contributed by atoms with Crippen molar-refractivity contribution in [1.82, 2.24) is 0 Å². The summed E-state index contributed by atoms with van der Waals surface area (Å²) in [6.45, 7) is 3.33. The monoisotopic (exact) mass is 235 g/mol. The molecule has 0 heterocycles. The van der Waals surface area contributed by atoms with Gasteiger partial charge in [-0.25, -0.2) is 0 Å². The van der Waals surface area contributed by atoms with Crippen molar-refractivity contribution in [3.05, 3.63) is 29.8 Å². The van der Waals surface area contributed by atoms with E-state index in [-0.39, 0.29) is 5.78 Å². The lowest BCUT2D eigenvalue weighted by Gasteiger charge is -2.09. The minimum Gasteiger partial charge on any atom is -0.493 e. The normalized spacial score (nSPS) is 10.2. The van der Waals surface area contributed by atoms with Crippen LogP contribution in [0.5, 0.6) is 5.75 Å². The van der Waals surface area contributed by atoms with Crippen molar-refractivity contribution in [1.29, 1.82) is 0 Å². The van der Waals surface area contributed by atoms with Crippen molar-refractivity contribution in [2.75, 3.05) is 13.2 Å². The zero-order chi connectivity index (χ0) is 12.5. The van der Waals surface area contributed by atoms with Gasteiger partial charge in [0, 0.05) is 6.42 Å². The van der Waals surface area contributed by atoms with Crippen molar-refractivity contribution in [3.8, 4) is 5.75 Å². The molecule has 0 atom stereocenters. The first-order valence-corrected chi connectivity index (χ1v) is 6.24. The van der Waals surface area contributed by atoms with Gasteiger partial charge in [-0.2, -0.15) is 0 Å². The third kappa shape index (κ3) is 4.57. The Hall–Kier alpha value is -1.35. The Kier molecular flexibility index (Phi) is 6.33. The molecule has 0 amide bonds. The molecule has 1 aromatic carbocycles. The predicted molar refractivity (Wildman–Crippen MR) is 69.5 cm³/mol. The van der Waals surface area contributed by atoms with Crippen LogP contribution in [0.25, 0.3) is 0 Å². The van der Waals surface area contributed by atoms with Crippen LogP contribution < -0.4 is 10.5 Å². The molecule has 0 unspecified atom stereocenters. The van der Waals surface area contributed by atoms with Gasteiger partial charge in [0.25, 0.3) is 0 Å². The molecule has 0 saturated carbocycles. The summed E-state index contributed by atoms with van der Waals surface area (Å²) in [6, 6.07) is 7.44. The fourth-order valence-corrected chi connectivity index (χ4v) is 1.60. The van der Waals surface area contributed by atoms with Gasteiger partial charge in [-0.1, -0.05) is 19.1 Å². The van der Waals surface area contributed by atoms with Gasteiger partial charge in [0.2, 0.25) is 0 Å². The number of ether oxygens (including phenoxy) is 1. The molecule has 0 aliphatic rings. The van der Waals surface area contributed by atoms with Gasteiger partial charge < -0.3 is 10.5 Å². The zero-order valence-corrected chi connectivity index (χ0v) is 10.4. The van der Waals surface area contributed by atoms with Crippen molar-refractivity contribution in [3.63, 3.8) is 0 Å². The molecule has 0 fully saturated rings. The number of hydrogen-bond donors (Lipinski definition) is 1. The van der Waals surface area contributed by atoms with E-state index < -0.39 is 0 Å². The Balaban J connectivity index is 2.64. The molecule has 0 spiro atoms. The lowest BCUT2D eigenvalue weighted by molar-refractivity contribution is 0.0975. The van der Waals surface area contributed by atoms with Gasteiger partial charge in [0.05, 0.1) is 12.2 Å². The van der Waals surface area contributed by atoms with E-state index in [9.17, 15) is 4.79 Å². The number of Topliss-reactive ketones (excluding diaryl/α,β-unsaturated/α-hetero) is 1. The number of benzene rings is 1. The summed E-state index contributed by atoms with van der Waals surface area (Å²) in [4.78, 5) is 12.0. The zero-order valence-electron chi connectivity index (χ0n) is 10.4. The Morgan fingerprint density at radius 2 is 2.06 bits per heavy atom. The van der Waals surface area contributed by atoms with Crippen LogP contribution in [0.4, 0.5) is 0 Å². The summed E-state index contributed by atoms with van der Waals surface area (Å²) in [5.41, 5.74) is 6.11. The lowest BCUT2D eigenvalue weighted by Crippen LogP contribution is -2.06. The second kappa shape index (κ2) is 7.85. The van der Waals surface area contributed by atoms with Gasteiger partial charge in [-0.3, -0.25) is 4.79 Å². The average Bonchev–Trinajstić information content (AvgIpc) is 2.37. The maximum absolute atomic E-state index is 12.0. The SMILES string of the molecule is CCCOc1ccccc1C(=O)CCCCN. The third-order valence-corrected chi connectivity index (χ3v) is 2.51. The van der Waals surface area contributed by atoms with E-state index in [1.165, 1.54) is 0 Å². The maximum Gasteiger partial charge on any atom is 0.166 e. The summed E-state index contributed by atoms with van der Waals surface area (Å²) >= 11 is 0. The minimum atomic E-state index is 0.144. The Labute approximate surface area is 103 Å². The molecule has 0 radical (unpaired) electrons. The molecule has 94 valence electrons. The Morgan fingerprint density at radius 3 is 2.76 bits per heavy atom. The quantitative estimate of drug-likeness (QED) is 0.557. The van der Waals surface area contributed by atoms with Gasteiger partial charge in [-0.05, 0) is 37.9 Å². The van der Waals surface area contributed by atoms with Gasteiger partial charge in [-0.15, -0.1) is 0 Å². The number of nitrogens with two attached hydrogens (primary N) is 1.